The van der Waals surface area contributed by atoms with Crippen LogP contribution >= 0.6 is 23.4 Å². The van der Waals surface area contributed by atoms with Gasteiger partial charge >= 0.3 is 0 Å². The van der Waals surface area contributed by atoms with Crippen molar-refractivity contribution >= 4 is 33.4 Å². The summed E-state index contributed by atoms with van der Waals surface area (Å²) in [5.74, 6) is 0.609. The monoisotopic (exact) mass is 440 g/mol. The highest BCUT2D eigenvalue weighted by Crippen LogP contribution is 2.40. The Bertz CT molecular complexity index is 915. The van der Waals surface area contributed by atoms with Gasteiger partial charge in [-0.05, 0) is 50.6 Å². The molecule has 0 atom stereocenters. The molecule has 0 bridgehead atoms. The molecule has 5 nitrogen and oxygen atoms in total. The molecule has 0 radical (unpaired) electrons. The van der Waals surface area contributed by atoms with Crippen LogP contribution in [-0.2, 0) is 10.0 Å². The van der Waals surface area contributed by atoms with Crippen molar-refractivity contribution in [2.24, 2.45) is 0 Å². The predicted molar refractivity (Wildman–Crippen MR) is 118 cm³/mol. The van der Waals surface area contributed by atoms with Crippen molar-refractivity contribution in [3.05, 3.63) is 69.7 Å². The first kappa shape index (κ1) is 22.6. The van der Waals surface area contributed by atoms with Crippen LogP contribution in [0.25, 0.3) is 0 Å². The smallest absolute Gasteiger partial charge is 0.240 e. The third kappa shape index (κ3) is 5.67. The van der Waals surface area contributed by atoms with Crippen LogP contribution in [0, 0.1) is 0 Å². The number of hydrogen-bond acceptors (Lipinski definition) is 5. The number of hydrogen-bond donors (Lipinski definition) is 1. The Kier molecular flexibility index (Phi) is 7.83. The largest absolute Gasteiger partial charge is 0.497 e. The molecular formula is C20H25ClN2O3S2. The highest BCUT2D eigenvalue weighted by molar-refractivity contribution is 8.07. The third-order valence-corrected chi connectivity index (χ3v) is 6.71. The summed E-state index contributed by atoms with van der Waals surface area (Å²) in [6, 6.07) is 6.28. The van der Waals surface area contributed by atoms with Gasteiger partial charge in [0.05, 0.1) is 17.7 Å². The van der Waals surface area contributed by atoms with E-state index in [4.69, 9.17) is 16.3 Å². The van der Waals surface area contributed by atoms with Gasteiger partial charge in [-0.1, -0.05) is 36.5 Å². The second-order valence-electron chi connectivity index (χ2n) is 6.22. The van der Waals surface area contributed by atoms with Crippen LogP contribution in [0.2, 0.25) is 0 Å². The van der Waals surface area contributed by atoms with Crippen LogP contribution in [-0.4, -0.2) is 33.5 Å². The molecule has 0 saturated heterocycles. The minimum atomic E-state index is -3.57. The molecule has 1 aliphatic heterocycles. The first-order chi connectivity index (χ1) is 13.2. The van der Waals surface area contributed by atoms with E-state index < -0.39 is 10.0 Å². The Morgan fingerprint density at radius 1 is 1.32 bits per heavy atom. The number of nitrogens with one attached hydrogen (secondary N) is 1. The van der Waals surface area contributed by atoms with Crippen LogP contribution in [0.15, 0.2) is 74.6 Å². The zero-order valence-corrected chi connectivity index (χ0v) is 18.7. The van der Waals surface area contributed by atoms with Crippen molar-refractivity contribution < 1.29 is 13.2 Å². The molecule has 0 fully saturated rings. The van der Waals surface area contributed by atoms with E-state index in [2.05, 4.69) is 17.9 Å². The number of sulfonamides is 1. The summed E-state index contributed by atoms with van der Waals surface area (Å²) < 4.78 is 32.5. The highest BCUT2D eigenvalue weighted by Gasteiger charge is 2.23. The van der Waals surface area contributed by atoms with Gasteiger partial charge in [-0.25, -0.2) is 13.1 Å². The van der Waals surface area contributed by atoms with E-state index in [1.165, 1.54) is 19.2 Å². The SMILES string of the molecule is C=C1SC(C)=C(C=C(C)Cl)N(CCCNS(=O)(=O)c2ccc(OC)cc2)C1=C. The molecule has 28 heavy (non-hydrogen) atoms. The molecule has 0 aromatic heterocycles. The maximum Gasteiger partial charge on any atom is 0.240 e. The summed E-state index contributed by atoms with van der Waals surface area (Å²) in [4.78, 5) is 4.19. The number of nitrogens with zero attached hydrogens (tertiary/aromatic N) is 1. The van der Waals surface area contributed by atoms with E-state index in [1.807, 2.05) is 24.8 Å². The lowest BCUT2D eigenvalue weighted by Gasteiger charge is -2.34. The van der Waals surface area contributed by atoms with Gasteiger partial charge in [0.1, 0.15) is 5.75 Å². The van der Waals surface area contributed by atoms with Crippen molar-refractivity contribution in [2.45, 2.75) is 25.2 Å². The van der Waals surface area contributed by atoms with Crippen LogP contribution in [0.1, 0.15) is 20.3 Å². The minimum Gasteiger partial charge on any atom is -0.497 e. The van der Waals surface area contributed by atoms with E-state index >= 15 is 0 Å². The number of allylic oxidation sites excluding steroid dienone is 3. The molecule has 0 spiro atoms. The van der Waals surface area contributed by atoms with Gasteiger partial charge in [0, 0.05) is 33.6 Å². The second-order valence-corrected chi connectivity index (χ2v) is 9.90. The van der Waals surface area contributed by atoms with E-state index in [9.17, 15) is 8.42 Å². The summed E-state index contributed by atoms with van der Waals surface area (Å²) in [5, 5.41) is 0.667. The molecule has 0 unspecified atom stereocenters. The molecule has 1 N–H and O–H groups in total. The molecule has 0 aliphatic carbocycles. The van der Waals surface area contributed by atoms with E-state index in [0.717, 1.165) is 21.2 Å². The Hall–Kier alpha value is -1.67. The average molecular weight is 441 g/mol. The van der Waals surface area contributed by atoms with Gasteiger partial charge in [0.2, 0.25) is 10.0 Å². The zero-order valence-electron chi connectivity index (χ0n) is 16.3. The summed E-state index contributed by atoms with van der Waals surface area (Å²) in [6.45, 7) is 12.9. The van der Waals surface area contributed by atoms with Gasteiger partial charge in [0.15, 0.2) is 0 Å². The highest BCUT2D eigenvalue weighted by atomic mass is 35.5. The average Bonchev–Trinajstić information content (AvgIpc) is 2.64. The standard InChI is InChI=1S/C20H25ClN2O3S2/c1-14(21)13-20-17(4)27-16(3)15(2)23(20)12-6-11-22-28(24,25)19-9-7-18(26-5)8-10-19/h7-10,13,22H,2-3,6,11-12H2,1,4-5H3. The van der Waals surface area contributed by atoms with Crippen LogP contribution in [0.3, 0.4) is 0 Å². The Morgan fingerprint density at radius 3 is 2.54 bits per heavy atom. The topological polar surface area (TPSA) is 58.6 Å². The molecule has 2 rings (SSSR count). The number of halogens is 1. The van der Waals surface area contributed by atoms with Crippen molar-refractivity contribution in [1.82, 2.24) is 9.62 Å². The summed E-state index contributed by atoms with van der Waals surface area (Å²) in [7, 11) is -2.03. The molecule has 0 saturated carbocycles. The molecule has 1 heterocycles. The summed E-state index contributed by atoms with van der Waals surface area (Å²) in [6.07, 6.45) is 2.49. The van der Waals surface area contributed by atoms with Crippen molar-refractivity contribution in [2.75, 3.05) is 20.2 Å². The minimum absolute atomic E-state index is 0.206. The van der Waals surface area contributed by atoms with E-state index in [1.54, 1.807) is 23.9 Å². The lowest BCUT2D eigenvalue weighted by molar-refractivity contribution is 0.414. The number of ether oxygens (including phenoxy) is 1. The maximum absolute atomic E-state index is 12.4. The summed E-state index contributed by atoms with van der Waals surface area (Å²) >= 11 is 7.64. The van der Waals surface area contributed by atoms with Gasteiger partial charge in [-0.15, -0.1) is 0 Å². The fraction of sp³-hybridized carbons (Fsp3) is 0.300. The Labute approximate surface area is 176 Å². The molecule has 1 aromatic rings. The van der Waals surface area contributed by atoms with Gasteiger partial charge in [0.25, 0.3) is 0 Å². The lowest BCUT2D eigenvalue weighted by atomic mass is 10.2. The van der Waals surface area contributed by atoms with Crippen LogP contribution in [0.4, 0.5) is 0 Å². The first-order valence-corrected chi connectivity index (χ1v) is 11.4. The zero-order chi connectivity index (χ0) is 20.9. The Morgan fingerprint density at radius 2 is 1.96 bits per heavy atom. The molecule has 8 heteroatoms. The van der Waals surface area contributed by atoms with E-state index in [-0.39, 0.29) is 4.90 Å². The number of methoxy groups -OCH3 is 1. The summed E-state index contributed by atoms with van der Waals surface area (Å²) in [5.41, 5.74) is 1.77. The third-order valence-electron chi connectivity index (χ3n) is 4.13. The van der Waals surface area contributed by atoms with Gasteiger partial charge in [-0.2, -0.15) is 0 Å². The quantitative estimate of drug-likeness (QED) is 0.587. The maximum atomic E-state index is 12.4. The fourth-order valence-corrected chi connectivity index (χ4v) is 4.74. The first-order valence-electron chi connectivity index (χ1n) is 8.67. The number of benzene rings is 1. The fourth-order valence-electron chi connectivity index (χ4n) is 2.69. The molecule has 152 valence electrons. The van der Waals surface area contributed by atoms with Crippen molar-refractivity contribution in [3.8, 4) is 5.75 Å². The Balaban J connectivity index is 2.02. The number of rotatable bonds is 8. The van der Waals surface area contributed by atoms with Gasteiger partial charge in [-0.3, -0.25) is 0 Å². The van der Waals surface area contributed by atoms with E-state index in [0.29, 0.717) is 30.3 Å². The van der Waals surface area contributed by atoms with Crippen LogP contribution in [0.5, 0.6) is 5.75 Å². The predicted octanol–water partition coefficient (Wildman–Crippen LogP) is 4.81. The van der Waals surface area contributed by atoms with Crippen molar-refractivity contribution in [1.29, 1.82) is 0 Å². The molecular weight excluding hydrogens is 416 g/mol. The molecule has 1 aromatic carbocycles. The number of thioether (sulfide) groups is 1. The second kappa shape index (κ2) is 9.69. The molecule has 0 amide bonds. The van der Waals surface area contributed by atoms with Crippen molar-refractivity contribution in [3.63, 3.8) is 0 Å². The van der Waals surface area contributed by atoms with Crippen LogP contribution < -0.4 is 9.46 Å². The van der Waals surface area contributed by atoms with Gasteiger partial charge < -0.3 is 9.64 Å². The normalized spacial score (nSPS) is 16.0. The molecule has 1 aliphatic rings. The lowest BCUT2D eigenvalue weighted by Crippen LogP contribution is -2.30.